The molecule has 0 radical (unpaired) electrons. The second-order valence-electron chi connectivity index (χ2n) is 12.6. The SMILES string of the molecule is COCC1=C2[C@@H](CC/C(C)=C/c3cc(C)c(O)c(C)c3)OB(O)C[C@@H]2[C@@H]2C(=O)N(c3cc(C(F)(F)F)cc(C(F)(F)F)c3)C(=O)[C@@H]2C1. The first-order valence-electron chi connectivity index (χ1n) is 15.1. The topological polar surface area (TPSA) is 96.3 Å². The molecule has 252 valence electrons. The highest BCUT2D eigenvalue weighted by atomic mass is 19.4. The highest BCUT2D eigenvalue weighted by Gasteiger charge is 2.58. The number of nitrogens with zero attached hydrogens (tertiary/aromatic N) is 1. The molecule has 2 saturated heterocycles. The molecule has 4 atom stereocenters. The van der Waals surface area contributed by atoms with Crippen LogP contribution in [-0.4, -0.2) is 48.9 Å². The number of phenols is 1. The van der Waals surface area contributed by atoms with Crippen molar-refractivity contribution in [3.05, 3.63) is 74.9 Å². The molecule has 2 aliphatic heterocycles. The van der Waals surface area contributed by atoms with Crippen LogP contribution in [0.2, 0.25) is 6.32 Å². The molecule has 0 spiro atoms. The van der Waals surface area contributed by atoms with E-state index < -0.39 is 72.0 Å². The molecule has 0 unspecified atom stereocenters. The molecule has 5 rings (SSSR count). The van der Waals surface area contributed by atoms with Gasteiger partial charge in [0.2, 0.25) is 11.8 Å². The van der Waals surface area contributed by atoms with Crippen LogP contribution < -0.4 is 4.90 Å². The van der Waals surface area contributed by atoms with E-state index in [-0.39, 0.29) is 31.2 Å². The lowest BCUT2D eigenvalue weighted by Gasteiger charge is -2.43. The number of allylic oxidation sites excluding steroid dienone is 1. The maximum atomic E-state index is 13.9. The summed E-state index contributed by atoms with van der Waals surface area (Å²) in [6.45, 7) is 5.56. The monoisotopic (exact) mass is 665 g/mol. The number of anilines is 1. The molecule has 0 saturated carbocycles. The maximum Gasteiger partial charge on any atom is 0.455 e. The Morgan fingerprint density at radius 2 is 1.60 bits per heavy atom. The van der Waals surface area contributed by atoms with Crippen LogP contribution in [0.3, 0.4) is 0 Å². The van der Waals surface area contributed by atoms with Gasteiger partial charge in [0.25, 0.3) is 0 Å². The summed E-state index contributed by atoms with van der Waals surface area (Å²) in [5.74, 6) is -4.56. The predicted molar refractivity (Wildman–Crippen MR) is 161 cm³/mol. The number of carbonyl (C=O) groups is 2. The summed E-state index contributed by atoms with van der Waals surface area (Å²) in [7, 11) is 0.108. The van der Waals surface area contributed by atoms with Crippen molar-refractivity contribution in [3.63, 3.8) is 0 Å². The summed E-state index contributed by atoms with van der Waals surface area (Å²) in [4.78, 5) is 28.0. The number of amides is 2. The first kappa shape index (κ1) is 34.7. The number of fused-ring (bicyclic) bond motifs is 3. The molecule has 0 bridgehead atoms. The van der Waals surface area contributed by atoms with E-state index in [1.165, 1.54) is 7.11 Å². The van der Waals surface area contributed by atoms with Gasteiger partial charge in [-0.1, -0.05) is 11.6 Å². The Hall–Kier alpha value is -3.62. The summed E-state index contributed by atoms with van der Waals surface area (Å²) < 4.78 is 93.1. The number of halogens is 6. The number of hydrogen-bond donors (Lipinski definition) is 2. The van der Waals surface area contributed by atoms with Crippen LogP contribution in [0.15, 0.2) is 47.1 Å². The Morgan fingerprint density at radius 3 is 2.15 bits per heavy atom. The Balaban J connectivity index is 1.47. The van der Waals surface area contributed by atoms with Crippen molar-refractivity contribution >= 4 is 30.7 Å². The van der Waals surface area contributed by atoms with E-state index in [0.29, 0.717) is 41.0 Å². The van der Waals surface area contributed by atoms with E-state index in [0.717, 1.165) is 22.3 Å². The lowest BCUT2D eigenvalue weighted by atomic mass is 9.58. The number of aromatic hydroxyl groups is 1. The molecule has 47 heavy (non-hydrogen) atoms. The van der Waals surface area contributed by atoms with E-state index in [2.05, 4.69) is 0 Å². The van der Waals surface area contributed by atoms with Crippen LogP contribution in [-0.2, 0) is 31.3 Å². The summed E-state index contributed by atoms with van der Waals surface area (Å²) in [6, 6.07) is 4.39. The van der Waals surface area contributed by atoms with Crippen molar-refractivity contribution in [2.24, 2.45) is 17.8 Å². The van der Waals surface area contributed by atoms with Crippen LogP contribution in [0, 0.1) is 31.6 Å². The number of hydrogen-bond acceptors (Lipinski definition) is 6. The third-order valence-corrected chi connectivity index (χ3v) is 9.18. The van der Waals surface area contributed by atoms with Crippen LogP contribution in [0.4, 0.5) is 32.0 Å². The molecule has 14 heteroatoms. The van der Waals surface area contributed by atoms with Crippen LogP contribution in [0.25, 0.3) is 6.08 Å². The van der Waals surface area contributed by atoms with E-state index in [1.807, 2.05) is 25.1 Å². The molecule has 2 amide bonds. The number of alkyl halides is 6. The molecule has 3 aliphatic rings. The van der Waals surface area contributed by atoms with Crippen LogP contribution in [0.1, 0.15) is 54.0 Å². The third-order valence-electron chi connectivity index (χ3n) is 9.18. The zero-order valence-electron chi connectivity index (χ0n) is 26.1. The number of carbonyl (C=O) groups excluding carboxylic acids is 2. The van der Waals surface area contributed by atoms with Crippen molar-refractivity contribution < 1.29 is 55.5 Å². The standard InChI is InChI=1S/C33H34BF6NO6/c1-16(7-19-8-17(2)29(42)18(3)9-19)5-6-26-27-20(15-46-4)10-24-28(25(27)14-34(45)47-26)31(44)41(30(24)43)23-12-21(32(35,36)37)11-22(13-23)33(38,39)40/h7-9,11-13,24-26,28,42,45H,5-6,10,14-15H2,1-4H3/b16-7+/t24-,25+,26-,28-/m1/s1. The van der Waals surface area contributed by atoms with Gasteiger partial charge in [0, 0.05) is 7.11 Å². The minimum atomic E-state index is -5.17. The Labute approximate surface area is 268 Å². The summed E-state index contributed by atoms with van der Waals surface area (Å²) in [5, 5.41) is 20.9. The molecule has 2 aromatic carbocycles. The Morgan fingerprint density at radius 1 is 1.00 bits per heavy atom. The zero-order chi connectivity index (χ0) is 34.6. The van der Waals surface area contributed by atoms with Crippen molar-refractivity contribution in [2.45, 2.75) is 64.8 Å². The quantitative estimate of drug-likeness (QED) is 0.145. The fourth-order valence-electron chi connectivity index (χ4n) is 7.18. The number of methoxy groups -OCH3 is 1. The molecule has 2 aromatic rings. The van der Waals surface area contributed by atoms with E-state index in [4.69, 9.17) is 9.39 Å². The van der Waals surface area contributed by atoms with Gasteiger partial charge in [0.05, 0.1) is 41.4 Å². The Bertz CT molecular complexity index is 1600. The number of ether oxygens (including phenoxy) is 1. The Kier molecular flexibility index (Phi) is 9.43. The van der Waals surface area contributed by atoms with Crippen LogP contribution >= 0.6 is 0 Å². The first-order valence-corrected chi connectivity index (χ1v) is 15.1. The average molecular weight is 665 g/mol. The van der Waals surface area contributed by atoms with E-state index in [1.54, 1.807) is 13.8 Å². The first-order chi connectivity index (χ1) is 21.9. The summed E-state index contributed by atoms with van der Waals surface area (Å²) in [5.41, 5.74) is 0.504. The van der Waals surface area contributed by atoms with Gasteiger partial charge in [0.15, 0.2) is 0 Å². The zero-order valence-corrected chi connectivity index (χ0v) is 26.1. The summed E-state index contributed by atoms with van der Waals surface area (Å²) in [6.07, 6.45) is -8.29. The molecule has 2 heterocycles. The number of benzene rings is 2. The van der Waals surface area contributed by atoms with Gasteiger partial charge in [-0.3, -0.25) is 9.59 Å². The second kappa shape index (κ2) is 12.8. The van der Waals surface area contributed by atoms with Gasteiger partial charge >= 0.3 is 19.5 Å². The molecule has 7 nitrogen and oxygen atoms in total. The number of imide groups is 1. The number of rotatable bonds is 7. The largest absolute Gasteiger partial charge is 0.507 e. The maximum absolute atomic E-state index is 13.9. The predicted octanol–water partition coefficient (Wildman–Crippen LogP) is 6.88. The van der Waals surface area contributed by atoms with Gasteiger partial charge in [0.1, 0.15) is 5.75 Å². The summed E-state index contributed by atoms with van der Waals surface area (Å²) >= 11 is 0. The minimum Gasteiger partial charge on any atom is -0.507 e. The molecular weight excluding hydrogens is 631 g/mol. The lowest BCUT2D eigenvalue weighted by Crippen LogP contribution is -2.46. The van der Waals surface area contributed by atoms with Gasteiger partial charge < -0.3 is 19.5 Å². The lowest BCUT2D eigenvalue weighted by molar-refractivity contribution is -0.143. The second-order valence-corrected chi connectivity index (χ2v) is 12.6. The highest BCUT2D eigenvalue weighted by molar-refractivity contribution is 6.43. The average Bonchev–Trinajstić information content (AvgIpc) is 3.22. The smallest absolute Gasteiger partial charge is 0.455 e. The van der Waals surface area contributed by atoms with Gasteiger partial charge in [-0.25, -0.2) is 4.90 Å². The molecule has 2 N–H and O–H groups in total. The molecule has 2 fully saturated rings. The third kappa shape index (κ3) is 6.86. The number of aryl methyl sites for hydroxylation is 2. The van der Waals surface area contributed by atoms with E-state index >= 15 is 0 Å². The highest BCUT2D eigenvalue weighted by Crippen LogP contribution is 2.52. The molecular formula is C33H34BF6NO6. The molecule has 0 aromatic heterocycles. The number of phenolic OH excluding ortho intramolecular Hbond substituents is 1. The minimum absolute atomic E-state index is 0.00661. The van der Waals surface area contributed by atoms with Gasteiger partial charge in [-0.05, 0) is 110 Å². The molecule has 1 aliphatic carbocycles. The fourth-order valence-corrected chi connectivity index (χ4v) is 7.18. The van der Waals surface area contributed by atoms with Crippen molar-refractivity contribution in [1.29, 1.82) is 0 Å². The van der Waals surface area contributed by atoms with Crippen molar-refractivity contribution in [1.82, 2.24) is 0 Å². The van der Waals surface area contributed by atoms with Crippen molar-refractivity contribution in [3.8, 4) is 5.75 Å². The normalized spacial score (nSPS) is 23.9. The van der Waals surface area contributed by atoms with Gasteiger partial charge in [-0.15, -0.1) is 0 Å². The van der Waals surface area contributed by atoms with Gasteiger partial charge in [-0.2, -0.15) is 26.3 Å². The van der Waals surface area contributed by atoms with Crippen molar-refractivity contribution in [2.75, 3.05) is 18.6 Å². The van der Waals surface area contributed by atoms with E-state index in [9.17, 15) is 46.1 Å². The van der Waals surface area contributed by atoms with Crippen LogP contribution in [0.5, 0.6) is 5.75 Å². The fraction of sp³-hybridized carbons (Fsp3) is 0.455.